The fraction of sp³-hybridized carbons (Fsp3) is 0.367. The molecule has 2 aliphatic heterocycles. The van der Waals surface area contributed by atoms with E-state index in [0.717, 1.165) is 29.4 Å². The number of fused-ring (bicyclic) bond motifs is 3. The molecule has 1 amide bonds. The highest BCUT2D eigenvalue weighted by Gasteiger charge is 2.25. The molecule has 8 heteroatoms. The average molecular weight is 512 g/mol. The van der Waals surface area contributed by atoms with Crippen molar-refractivity contribution in [3.8, 4) is 28.1 Å². The summed E-state index contributed by atoms with van der Waals surface area (Å²) in [5.74, 6) is -0.490. The first-order chi connectivity index (χ1) is 18.6. The lowest BCUT2D eigenvalue weighted by Crippen LogP contribution is -2.32. The molecular formula is C30H30FN5O2. The van der Waals surface area contributed by atoms with Crippen molar-refractivity contribution in [1.29, 1.82) is 0 Å². The van der Waals surface area contributed by atoms with Crippen LogP contribution in [0.3, 0.4) is 0 Å². The van der Waals surface area contributed by atoms with Gasteiger partial charge in [0.25, 0.3) is 5.91 Å². The number of likely N-dealkylation sites (tertiary alicyclic amines) is 1. The van der Waals surface area contributed by atoms with Crippen LogP contribution < -0.4 is 10.1 Å². The Morgan fingerprint density at radius 3 is 2.68 bits per heavy atom. The summed E-state index contributed by atoms with van der Waals surface area (Å²) in [6, 6.07) is 12.3. The number of nitrogens with one attached hydrogen (secondary N) is 2. The molecule has 38 heavy (non-hydrogen) atoms. The number of hydrogen-bond donors (Lipinski definition) is 2. The second-order valence-corrected chi connectivity index (χ2v) is 10.6. The number of amides is 1. The van der Waals surface area contributed by atoms with Gasteiger partial charge in [-0.25, -0.2) is 9.37 Å². The van der Waals surface area contributed by atoms with E-state index in [4.69, 9.17) is 4.74 Å². The number of nitrogens with zero attached hydrogens (tertiary/aromatic N) is 3. The number of benzene rings is 2. The lowest BCUT2D eigenvalue weighted by Gasteiger charge is -2.25. The summed E-state index contributed by atoms with van der Waals surface area (Å²) in [5, 5.41) is 10.7. The number of carbonyl (C=O) groups excluding carboxylic acids is 1. The molecule has 2 N–H and O–H groups in total. The second-order valence-electron chi connectivity index (χ2n) is 10.6. The molecule has 4 heterocycles. The topological polar surface area (TPSA) is 83.1 Å². The van der Waals surface area contributed by atoms with Crippen LogP contribution in [0.5, 0.6) is 5.75 Å². The summed E-state index contributed by atoms with van der Waals surface area (Å²) < 4.78 is 21.0. The van der Waals surface area contributed by atoms with Gasteiger partial charge in [-0.1, -0.05) is 18.2 Å². The molecule has 0 saturated carbocycles. The van der Waals surface area contributed by atoms with Gasteiger partial charge < -0.3 is 15.0 Å². The van der Waals surface area contributed by atoms with E-state index in [9.17, 15) is 4.79 Å². The minimum absolute atomic E-state index is 0.198. The Bertz CT molecular complexity index is 1540. The highest BCUT2D eigenvalue weighted by atomic mass is 19.1. The van der Waals surface area contributed by atoms with E-state index in [2.05, 4.69) is 43.6 Å². The van der Waals surface area contributed by atoms with Gasteiger partial charge in [-0.05, 0) is 86.5 Å². The zero-order valence-corrected chi connectivity index (χ0v) is 21.2. The predicted molar refractivity (Wildman–Crippen MR) is 144 cm³/mol. The Kier molecular flexibility index (Phi) is 5.84. The maximum atomic E-state index is 15.3. The first kappa shape index (κ1) is 23.3. The molecule has 2 aromatic carbocycles. The Labute approximate surface area is 220 Å². The molecular weight excluding hydrogens is 481 g/mol. The van der Waals surface area contributed by atoms with Gasteiger partial charge in [0, 0.05) is 28.8 Å². The number of rotatable bonds is 3. The second kappa shape index (κ2) is 9.51. The van der Waals surface area contributed by atoms with Gasteiger partial charge in [-0.2, -0.15) is 5.10 Å². The van der Waals surface area contributed by atoms with Crippen LogP contribution in [0.25, 0.3) is 33.4 Å². The maximum Gasteiger partial charge on any atom is 0.255 e. The molecule has 1 saturated heterocycles. The maximum absolute atomic E-state index is 15.3. The summed E-state index contributed by atoms with van der Waals surface area (Å²) in [5.41, 5.74) is 6.47. The number of hydrogen-bond acceptors (Lipinski definition) is 5. The monoisotopic (exact) mass is 511 g/mol. The van der Waals surface area contributed by atoms with E-state index in [-0.39, 0.29) is 11.5 Å². The predicted octanol–water partition coefficient (Wildman–Crippen LogP) is 4.90. The van der Waals surface area contributed by atoms with Crippen molar-refractivity contribution >= 4 is 16.9 Å². The Hall–Kier alpha value is -3.78. The normalized spacial score (nSPS) is 19.8. The van der Waals surface area contributed by atoms with Gasteiger partial charge in [0.05, 0.1) is 17.8 Å². The van der Waals surface area contributed by atoms with Gasteiger partial charge in [0.2, 0.25) is 0 Å². The van der Waals surface area contributed by atoms with E-state index < -0.39 is 5.82 Å². The summed E-state index contributed by atoms with van der Waals surface area (Å²) in [7, 11) is 0. The summed E-state index contributed by atoms with van der Waals surface area (Å²) in [4.78, 5) is 19.5. The Morgan fingerprint density at radius 1 is 0.974 bits per heavy atom. The largest absolute Gasteiger partial charge is 0.491 e. The van der Waals surface area contributed by atoms with Crippen molar-refractivity contribution in [2.45, 2.75) is 44.6 Å². The molecule has 7 rings (SSSR count). The third-order valence-corrected chi connectivity index (χ3v) is 8.33. The van der Waals surface area contributed by atoms with E-state index in [0.29, 0.717) is 41.8 Å². The lowest BCUT2D eigenvalue weighted by atomic mass is 9.96. The number of ether oxygens (including phenoxy) is 1. The highest BCUT2D eigenvalue weighted by Crippen LogP contribution is 2.36. The van der Waals surface area contributed by atoms with Crippen molar-refractivity contribution in [2.75, 3.05) is 26.2 Å². The first-order valence-corrected chi connectivity index (χ1v) is 13.6. The smallest absolute Gasteiger partial charge is 0.255 e. The van der Waals surface area contributed by atoms with Crippen LogP contribution in [0.15, 0.2) is 42.6 Å². The van der Waals surface area contributed by atoms with Crippen LogP contribution in [0, 0.1) is 5.82 Å². The lowest BCUT2D eigenvalue weighted by molar-refractivity contribution is 0.0956. The third kappa shape index (κ3) is 4.13. The molecule has 2 aromatic heterocycles. The Morgan fingerprint density at radius 2 is 1.82 bits per heavy atom. The fourth-order valence-corrected chi connectivity index (χ4v) is 6.27. The molecule has 0 spiro atoms. The summed E-state index contributed by atoms with van der Waals surface area (Å²) in [6.07, 6.45) is 9.14. The summed E-state index contributed by atoms with van der Waals surface area (Å²) >= 11 is 0. The minimum Gasteiger partial charge on any atom is -0.491 e. The van der Waals surface area contributed by atoms with E-state index in [1.54, 1.807) is 6.07 Å². The van der Waals surface area contributed by atoms with Gasteiger partial charge >= 0.3 is 0 Å². The zero-order valence-electron chi connectivity index (χ0n) is 21.2. The van der Waals surface area contributed by atoms with Gasteiger partial charge in [0.1, 0.15) is 18.2 Å². The molecule has 194 valence electrons. The molecule has 7 nitrogen and oxygen atoms in total. The van der Waals surface area contributed by atoms with Gasteiger partial charge in [-0.3, -0.25) is 9.89 Å². The molecule has 1 fully saturated rings. The molecule has 1 aliphatic carbocycles. The van der Waals surface area contributed by atoms with Crippen LogP contribution in [-0.2, 0) is 12.8 Å². The van der Waals surface area contributed by atoms with Crippen molar-refractivity contribution < 1.29 is 13.9 Å². The molecule has 0 bridgehead atoms. The first-order valence-electron chi connectivity index (χ1n) is 13.6. The van der Waals surface area contributed by atoms with Crippen molar-refractivity contribution in [1.82, 2.24) is 25.4 Å². The molecule has 3 aliphatic rings. The van der Waals surface area contributed by atoms with Crippen LogP contribution in [-0.4, -0.2) is 58.3 Å². The number of aryl methyl sites for hydroxylation is 2. The highest BCUT2D eigenvalue weighted by molar-refractivity contribution is 5.99. The zero-order chi connectivity index (χ0) is 25.6. The van der Waals surface area contributed by atoms with Crippen molar-refractivity contribution in [3.05, 3.63) is 65.1 Å². The number of halogens is 1. The summed E-state index contributed by atoms with van der Waals surface area (Å²) in [6.45, 7) is 3.20. The number of aromatic amines is 1. The molecule has 1 unspecified atom stereocenters. The van der Waals surface area contributed by atoms with Crippen molar-refractivity contribution in [3.63, 3.8) is 0 Å². The third-order valence-electron chi connectivity index (χ3n) is 8.33. The molecule has 1 atom stereocenters. The number of H-pyrrole nitrogens is 1. The Balaban J connectivity index is 1.22. The van der Waals surface area contributed by atoms with E-state index in [1.807, 2.05) is 12.3 Å². The quantitative estimate of drug-likeness (QED) is 0.383. The van der Waals surface area contributed by atoms with E-state index in [1.165, 1.54) is 56.0 Å². The van der Waals surface area contributed by atoms with Crippen LogP contribution in [0.2, 0.25) is 0 Å². The average Bonchev–Trinajstić information content (AvgIpc) is 3.53. The SMILES string of the molecule is O=C1NCCOc2cc(-c3[nH]nc4ncc(-c5ccc6c(c5)CCC(N5CCCC5)CC6)cc34)c(F)cc21. The number of pyridine rings is 1. The fourth-order valence-electron chi connectivity index (χ4n) is 6.27. The standard InChI is InChI=1S/C30H30FN5O2/c31-26-15-24-27(38-12-9-32-30(24)37)16-23(26)28-25-14-21(17-33-29(25)35-34-28)20-4-3-18-5-7-22(8-6-19(18)13-20)36-10-1-2-11-36/h3-4,13-17,22H,1-2,5-12H2,(H,32,37)(H,33,34,35). The number of carbonyl (C=O) groups is 1. The van der Waals surface area contributed by atoms with Gasteiger partial charge in [-0.15, -0.1) is 0 Å². The van der Waals surface area contributed by atoms with Gasteiger partial charge in [0.15, 0.2) is 5.65 Å². The minimum atomic E-state index is -0.516. The molecule has 0 radical (unpaired) electrons. The number of aromatic nitrogens is 3. The van der Waals surface area contributed by atoms with E-state index >= 15 is 4.39 Å². The van der Waals surface area contributed by atoms with Crippen LogP contribution in [0.1, 0.15) is 47.2 Å². The molecule has 4 aromatic rings. The van der Waals surface area contributed by atoms with Crippen LogP contribution in [0.4, 0.5) is 4.39 Å². The van der Waals surface area contributed by atoms with Crippen LogP contribution >= 0.6 is 0 Å². The van der Waals surface area contributed by atoms with Crippen molar-refractivity contribution in [2.24, 2.45) is 0 Å².